The molecule has 2 aliphatic rings. The summed E-state index contributed by atoms with van der Waals surface area (Å²) in [6, 6.07) is -0.0905. The number of rotatable bonds is 7. The minimum atomic E-state index is -6.20. The summed E-state index contributed by atoms with van der Waals surface area (Å²) in [4.78, 5) is 53.4. The van der Waals surface area contributed by atoms with E-state index in [9.17, 15) is 41.1 Å². The van der Waals surface area contributed by atoms with Crippen molar-refractivity contribution in [2.75, 3.05) is 12.1 Å². The van der Waals surface area contributed by atoms with E-state index < -0.39 is 78.9 Å². The van der Waals surface area contributed by atoms with E-state index in [-0.39, 0.29) is 0 Å². The van der Waals surface area contributed by atoms with Gasteiger partial charge in [-0.15, -0.1) is 0 Å². The second-order valence-electron chi connectivity index (χ2n) is 6.97. The predicted octanol–water partition coefficient (Wildman–Crippen LogP) is 0.00280. The van der Waals surface area contributed by atoms with Gasteiger partial charge in [0.15, 0.2) is 24.3 Å². The molecule has 1 aromatic rings. The van der Waals surface area contributed by atoms with Gasteiger partial charge in [0.2, 0.25) is 0 Å². The molecule has 3 heterocycles. The first-order chi connectivity index (χ1) is 15.7. The van der Waals surface area contributed by atoms with Gasteiger partial charge in [-0.05, 0) is 6.92 Å². The first-order valence-electron chi connectivity index (χ1n) is 9.18. The number of anilines is 1. The zero-order chi connectivity index (χ0) is 25.4. The lowest BCUT2D eigenvalue weighted by Gasteiger charge is -2.19. The lowest BCUT2D eigenvalue weighted by Crippen LogP contribution is -2.46. The van der Waals surface area contributed by atoms with Crippen LogP contribution in [0.2, 0.25) is 0 Å². The molecule has 18 heteroatoms. The molecule has 13 nitrogen and oxygen atoms in total. The molecule has 0 saturated carbocycles. The lowest BCUT2D eigenvalue weighted by atomic mass is 10.1. The van der Waals surface area contributed by atoms with Crippen molar-refractivity contribution < 1.29 is 60.1 Å². The number of aromatic nitrogens is 2. The maximum Gasteiger partial charge on any atom is 0.509 e. The zero-order valence-corrected chi connectivity index (χ0v) is 16.8. The molecule has 2 aliphatic heterocycles. The van der Waals surface area contributed by atoms with Crippen molar-refractivity contribution in [1.82, 2.24) is 9.55 Å². The molecule has 5 atom stereocenters. The second-order valence-corrected chi connectivity index (χ2v) is 6.97. The number of nitrogens with one attached hydrogen (secondary N) is 1. The van der Waals surface area contributed by atoms with Gasteiger partial charge in [-0.1, -0.05) is 0 Å². The van der Waals surface area contributed by atoms with Gasteiger partial charge in [-0.25, -0.2) is 14.4 Å². The Morgan fingerprint density at radius 2 is 1.88 bits per heavy atom. The first-order valence-corrected chi connectivity index (χ1v) is 9.18. The van der Waals surface area contributed by atoms with Crippen LogP contribution >= 0.6 is 0 Å². The van der Waals surface area contributed by atoms with E-state index in [1.807, 2.05) is 0 Å². The number of carbonyl (C=O) groups excluding carboxylic acids is 3. The van der Waals surface area contributed by atoms with Crippen LogP contribution in [0.5, 0.6) is 0 Å². The van der Waals surface area contributed by atoms with Crippen LogP contribution in [-0.4, -0.2) is 70.7 Å². The maximum atomic E-state index is 12.9. The van der Waals surface area contributed by atoms with Crippen LogP contribution < -0.4 is 16.9 Å². The quantitative estimate of drug-likeness (QED) is 0.222. The summed E-state index contributed by atoms with van der Waals surface area (Å²) in [5.41, 5.74) is 5.61. The fraction of sp³-hybridized carbons (Fsp3) is 0.562. The maximum absolute atomic E-state index is 12.9. The Balaban J connectivity index is 1.71. The van der Waals surface area contributed by atoms with Crippen molar-refractivity contribution in [3.8, 4) is 0 Å². The number of fused-ring (bicyclic) bond motifs is 1. The molecule has 3 rings (SSSR count). The standard InChI is InChI=1S/C16H15F5N4O9/c1-5(22)11(26)30-4-6-8-9(33-14(29)32-8)10(31-6)25-3-2-7(23-13(25)28)24-34-12(27)15(17,18)16(19,20)21/h2-3,5-6,8-10H,4,22H2,1H3,(H,23,24,28)/t5-,6+,8+,9+,10+/m0/s1. The molecule has 2 saturated heterocycles. The van der Waals surface area contributed by atoms with Crippen molar-refractivity contribution in [2.45, 2.75) is 49.6 Å². The van der Waals surface area contributed by atoms with Gasteiger partial charge in [0.05, 0.1) is 0 Å². The smallest absolute Gasteiger partial charge is 0.462 e. The first kappa shape index (κ1) is 25.1. The summed E-state index contributed by atoms with van der Waals surface area (Å²) < 4.78 is 83.4. The summed E-state index contributed by atoms with van der Waals surface area (Å²) in [5, 5.41) is 0. The van der Waals surface area contributed by atoms with Gasteiger partial charge >= 0.3 is 35.9 Å². The monoisotopic (exact) mass is 502 g/mol. The van der Waals surface area contributed by atoms with Crippen molar-refractivity contribution in [3.05, 3.63) is 22.7 Å². The highest BCUT2D eigenvalue weighted by Gasteiger charge is 2.65. The van der Waals surface area contributed by atoms with E-state index in [1.54, 1.807) is 0 Å². The van der Waals surface area contributed by atoms with Gasteiger partial charge in [0.25, 0.3) is 0 Å². The van der Waals surface area contributed by atoms with Gasteiger partial charge < -0.3 is 29.5 Å². The van der Waals surface area contributed by atoms with Crippen LogP contribution in [0.3, 0.4) is 0 Å². The number of hydrogen-bond acceptors (Lipinski definition) is 12. The van der Waals surface area contributed by atoms with Crippen molar-refractivity contribution in [3.63, 3.8) is 0 Å². The second kappa shape index (κ2) is 9.01. The Morgan fingerprint density at radius 3 is 2.47 bits per heavy atom. The molecule has 34 heavy (non-hydrogen) atoms. The number of hydrogen-bond donors (Lipinski definition) is 2. The summed E-state index contributed by atoms with van der Waals surface area (Å²) in [6.07, 6.45) is -11.1. The molecule has 0 bridgehead atoms. The summed E-state index contributed by atoms with van der Waals surface area (Å²) >= 11 is 0. The molecule has 0 aliphatic carbocycles. The van der Waals surface area contributed by atoms with E-state index in [0.717, 1.165) is 16.8 Å². The van der Waals surface area contributed by atoms with Crippen molar-refractivity contribution >= 4 is 23.9 Å². The van der Waals surface area contributed by atoms with Crippen LogP contribution in [0, 0.1) is 0 Å². The molecule has 0 spiro atoms. The van der Waals surface area contributed by atoms with E-state index in [1.165, 1.54) is 12.4 Å². The van der Waals surface area contributed by atoms with Gasteiger partial charge in [0.1, 0.15) is 18.8 Å². The van der Waals surface area contributed by atoms with Crippen LogP contribution in [0.25, 0.3) is 0 Å². The summed E-state index contributed by atoms with van der Waals surface area (Å²) in [5.74, 6) is -10.3. The minimum absolute atomic E-state index is 0.417. The number of esters is 1. The normalized spacial score (nSPS) is 25.1. The predicted molar refractivity (Wildman–Crippen MR) is 92.9 cm³/mol. The molecule has 0 aromatic carbocycles. The molecule has 0 unspecified atom stereocenters. The number of ether oxygens (including phenoxy) is 4. The molecule has 0 amide bonds. The molecule has 188 valence electrons. The number of nitrogens with two attached hydrogens (primary N) is 1. The number of halogens is 5. The van der Waals surface area contributed by atoms with E-state index in [4.69, 9.17) is 24.7 Å². The Labute approximate surface area is 184 Å². The molecular weight excluding hydrogens is 487 g/mol. The highest BCUT2D eigenvalue weighted by Crippen LogP contribution is 2.38. The third kappa shape index (κ3) is 4.86. The number of carbonyl (C=O) groups is 3. The summed E-state index contributed by atoms with van der Waals surface area (Å²) in [7, 11) is 0. The topological polar surface area (TPSA) is 170 Å². The largest absolute Gasteiger partial charge is 0.509 e. The van der Waals surface area contributed by atoms with Gasteiger partial charge in [0, 0.05) is 12.3 Å². The minimum Gasteiger partial charge on any atom is -0.462 e. The number of alkyl halides is 5. The average Bonchev–Trinajstić information content (AvgIpc) is 3.27. The van der Waals surface area contributed by atoms with Crippen LogP contribution in [0.4, 0.5) is 32.6 Å². The average molecular weight is 502 g/mol. The third-order valence-corrected chi connectivity index (χ3v) is 4.48. The molecule has 3 N–H and O–H groups in total. The third-order valence-electron chi connectivity index (χ3n) is 4.48. The van der Waals surface area contributed by atoms with Crippen molar-refractivity contribution in [2.24, 2.45) is 5.73 Å². The van der Waals surface area contributed by atoms with Crippen LogP contribution in [0.15, 0.2) is 17.1 Å². The Bertz CT molecular complexity index is 1030. The van der Waals surface area contributed by atoms with E-state index in [2.05, 4.69) is 9.82 Å². The Morgan fingerprint density at radius 1 is 1.24 bits per heavy atom. The molecule has 1 aromatic heterocycles. The SMILES string of the molecule is C[C@H](N)C(=O)OC[C@H]1O[C@@H](n2ccc(NOC(=O)C(F)(F)C(F)(F)F)nc2=O)[C@@H]2OC(=O)O[C@@H]21. The van der Waals surface area contributed by atoms with Gasteiger partial charge in [-0.2, -0.15) is 32.4 Å². The Hall–Kier alpha value is -3.54. The highest BCUT2D eigenvalue weighted by atomic mass is 19.4. The zero-order valence-electron chi connectivity index (χ0n) is 16.8. The fourth-order valence-corrected chi connectivity index (χ4v) is 2.82. The lowest BCUT2D eigenvalue weighted by molar-refractivity contribution is -0.279. The highest BCUT2D eigenvalue weighted by molar-refractivity contribution is 5.79. The molecule has 2 fully saturated rings. The molecular formula is C16H15F5N4O9. The van der Waals surface area contributed by atoms with Crippen LogP contribution in [-0.2, 0) is 33.4 Å². The van der Waals surface area contributed by atoms with Gasteiger partial charge in [-0.3, -0.25) is 9.36 Å². The summed E-state index contributed by atoms with van der Waals surface area (Å²) in [6.45, 7) is 0.949. The van der Waals surface area contributed by atoms with Crippen LogP contribution in [0.1, 0.15) is 13.2 Å². The fourth-order valence-electron chi connectivity index (χ4n) is 2.82. The number of nitrogens with zero attached hydrogens (tertiary/aromatic N) is 2. The van der Waals surface area contributed by atoms with Crippen molar-refractivity contribution in [1.29, 1.82) is 0 Å². The molecule has 0 radical (unpaired) electrons. The Kier molecular flexibility index (Phi) is 6.65. The van der Waals surface area contributed by atoms with E-state index >= 15 is 0 Å². The van der Waals surface area contributed by atoms with E-state index in [0.29, 0.717) is 0 Å².